The van der Waals surface area contributed by atoms with Crippen molar-refractivity contribution in [2.75, 3.05) is 39.8 Å². The van der Waals surface area contributed by atoms with Crippen molar-refractivity contribution in [2.24, 2.45) is 0 Å². The molecule has 4 nitrogen and oxygen atoms in total. The fourth-order valence-corrected chi connectivity index (χ4v) is 4.09. The van der Waals surface area contributed by atoms with Crippen LogP contribution in [-0.4, -0.2) is 55.5 Å². The van der Waals surface area contributed by atoms with Crippen molar-refractivity contribution in [3.8, 4) is 0 Å². The monoisotopic (exact) mass is 379 g/mol. The minimum Gasteiger partial charge on any atom is -0.356 e. The molecule has 0 radical (unpaired) electrons. The van der Waals surface area contributed by atoms with Crippen molar-refractivity contribution in [3.05, 3.63) is 71.8 Å². The van der Waals surface area contributed by atoms with Crippen LogP contribution in [0.25, 0.3) is 0 Å². The highest BCUT2D eigenvalue weighted by atomic mass is 16.1. The molecular weight excluding hydrogens is 346 g/mol. The quantitative estimate of drug-likeness (QED) is 0.711. The van der Waals surface area contributed by atoms with Crippen LogP contribution >= 0.6 is 0 Å². The second kappa shape index (κ2) is 10.4. The average Bonchev–Trinajstić information content (AvgIpc) is 2.74. The first kappa shape index (κ1) is 20.6. The van der Waals surface area contributed by atoms with Crippen LogP contribution in [0.2, 0.25) is 0 Å². The lowest BCUT2D eigenvalue weighted by atomic mass is 9.95. The molecule has 0 spiro atoms. The molecule has 4 heteroatoms. The molecule has 1 fully saturated rings. The van der Waals surface area contributed by atoms with Crippen LogP contribution in [0.5, 0.6) is 0 Å². The topological polar surface area (TPSA) is 35.6 Å². The Hall–Kier alpha value is -2.17. The summed E-state index contributed by atoms with van der Waals surface area (Å²) in [5.41, 5.74) is 2.49. The Morgan fingerprint density at radius 1 is 1.07 bits per heavy atom. The van der Waals surface area contributed by atoms with Gasteiger partial charge in [0.1, 0.15) is 0 Å². The summed E-state index contributed by atoms with van der Waals surface area (Å²) < 4.78 is 0. The highest BCUT2D eigenvalue weighted by Gasteiger charge is 2.26. The summed E-state index contributed by atoms with van der Waals surface area (Å²) in [5.74, 6) is 0.0913. The molecule has 1 heterocycles. The molecule has 1 amide bonds. The molecule has 0 aromatic heterocycles. The number of rotatable bonds is 8. The first-order chi connectivity index (χ1) is 13.7. The largest absolute Gasteiger partial charge is 0.356 e. The van der Waals surface area contributed by atoms with E-state index in [2.05, 4.69) is 59.4 Å². The van der Waals surface area contributed by atoms with Crippen LogP contribution in [0, 0.1) is 0 Å². The van der Waals surface area contributed by atoms with Gasteiger partial charge >= 0.3 is 0 Å². The van der Waals surface area contributed by atoms with E-state index in [4.69, 9.17) is 0 Å². The zero-order valence-electron chi connectivity index (χ0n) is 17.2. The maximum absolute atomic E-state index is 12.6. The van der Waals surface area contributed by atoms with E-state index in [1.807, 2.05) is 30.3 Å². The van der Waals surface area contributed by atoms with Gasteiger partial charge in [0.05, 0.1) is 5.92 Å². The molecule has 2 aromatic rings. The zero-order chi connectivity index (χ0) is 19.8. The first-order valence-corrected chi connectivity index (χ1v) is 10.5. The minimum atomic E-state index is -0.0538. The number of carbonyl (C=O) groups excluding carboxylic acids is 1. The van der Waals surface area contributed by atoms with Gasteiger partial charge in [0, 0.05) is 38.8 Å². The van der Waals surface area contributed by atoms with Gasteiger partial charge in [0.25, 0.3) is 0 Å². The summed E-state index contributed by atoms with van der Waals surface area (Å²) in [7, 11) is 2.20. The van der Waals surface area contributed by atoms with Crippen LogP contribution in [0.4, 0.5) is 0 Å². The van der Waals surface area contributed by atoms with E-state index in [1.165, 1.54) is 5.56 Å². The average molecular weight is 380 g/mol. The lowest BCUT2D eigenvalue weighted by molar-refractivity contribution is -0.122. The van der Waals surface area contributed by atoms with Crippen LogP contribution in [-0.2, 0) is 4.79 Å². The van der Waals surface area contributed by atoms with E-state index < -0.39 is 0 Å². The molecule has 0 bridgehead atoms. The number of amides is 1. The number of carbonyl (C=O) groups is 1. The lowest BCUT2D eigenvalue weighted by Crippen LogP contribution is -2.47. The molecule has 3 rings (SSSR count). The van der Waals surface area contributed by atoms with Gasteiger partial charge < -0.3 is 10.2 Å². The Bertz CT molecular complexity index is 719. The van der Waals surface area contributed by atoms with Crippen LogP contribution in [0.3, 0.4) is 0 Å². The highest BCUT2D eigenvalue weighted by molar-refractivity contribution is 5.83. The number of likely N-dealkylation sites (N-methyl/N-ethyl adjacent to an activating group) is 1. The first-order valence-electron chi connectivity index (χ1n) is 10.5. The minimum absolute atomic E-state index is 0.0538. The van der Waals surface area contributed by atoms with E-state index in [0.717, 1.165) is 51.1 Å². The number of piperazine rings is 1. The van der Waals surface area contributed by atoms with Gasteiger partial charge in [-0.2, -0.15) is 0 Å². The highest BCUT2D eigenvalue weighted by Crippen LogP contribution is 2.25. The Kier molecular flexibility index (Phi) is 7.63. The molecule has 1 aliphatic rings. The molecule has 150 valence electrons. The molecule has 28 heavy (non-hydrogen) atoms. The second-order valence-electron chi connectivity index (χ2n) is 7.74. The predicted octanol–water partition coefficient (Wildman–Crippen LogP) is 3.68. The van der Waals surface area contributed by atoms with Crippen molar-refractivity contribution < 1.29 is 4.79 Å². The van der Waals surface area contributed by atoms with E-state index in [0.29, 0.717) is 6.04 Å². The Balaban J connectivity index is 1.50. The van der Waals surface area contributed by atoms with E-state index in [-0.39, 0.29) is 11.8 Å². The maximum atomic E-state index is 12.6. The summed E-state index contributed by atoms with van der Waals surface area (Å²) in [5, 5.41) is 3.16. The molecule has 1 aliphatic heterocycles. The molecule has 2 atom stereocenters. The second-order valence-corrected chi connectivity index (χ2v) is 7.74. The standard InChI is InChI=1S/C24H33N3O/c1-3-22(20-11-6-4-7-12-20)24(28)25-15-10-16-27-18-17-26(2)19-23(27)21-13-8-5-9-14-21/h4-9,11-14,22-23H,3,10,15-19H2,1-2H3,(H,25,28)/t22-,23+/m1/s1. The van der Waals surface area contributed by atoms with Gasteiger partial charge in [-0.05, 0) is 31.0 Å². The van der Waals surface area contributed by atoms with Crippen LogP contribution in [0.15, 0.2) is 60.7 Å². The van der Waals surface area contributed by atoms with Crippen molar-refractivity contribution in [2.45, 2.75) is 31.7 Å². The third-order valence-corrected chi connectivity index (χ3v) is 5.73. The van der Waals surface area contributed by atoms with Gasteiger partial charge in [-0.3, -0.25) is 9.69 Å². The van der Waals surface area contributed by atoms with Gasteiger partial charge in [-0.15, -0.1) is 0 Å². The van der Waals surface area contributed by atoms with E-state index >= 15 is 0 Å². The van der Waals surface area contributed by atoms with Crippen molar-refractivity contribution in [1.29, 1.82) is 0 Å². The molecular formula is C24H33N3O. The molecule has 0 aliphatic carbocycles. The fourth-order valence-electron chi connectivity index (χ4n) is 4.09. The summed E-state index contributed by atoms with van der Waals surface area (Å²) in [6, 6.07) is 21.3. The third kappa shape index (κ3) is 5.43. The Labute approximate surface area is 169 Å². The van der Waals surface area contributed by atoms with Gasteiger partial charge in [0.2, 0.25) is 5.91 Å². The summed E-state index contributed by atoms with van der Waals surface area (Å²) in [6.45, 7) is 7.05. The van der Waals surface area contributed by atoms with Gasteiger partial charge in [-0.1, -0.05) is 67.6 Å². The third-order valence-electron chi connectivity index (χ3n) is 5.73. The Morgan fingerprint density at radius 3 is 2.43 bits per heavy atom. The smallest absolute Gasteiger partial charge is 0.227 e. The molecule has 2 aromatic carbocycles. The normalized spacial score (nSPS) is 19.3. The molecule has 0 unspecified atom stereocenters. The molecule has 1 saturated heterocycles. The van der Waals surface area contributed by atoms with E-state index in [9.17, 15) is 4.79 Å². The number of hydrogen-bond acceptors (Lipinski definition) is 3. The summed E-state index contributed by atoms with van der Waals surface area (Å²) in [4.78, 5) is 17.6. The number of nitrogens with one attached hydrogen (secondary N) is 1. The molecule has 1 N–H and O–H groups in total. The SMILES string of the molecule is CC[C@@H](C(=O)NCCCN1CCN(C)C[C@H]1c1ccccc1)c1ccccc1. The van der Waals surface area contributed by atoms with Gasteiger partial charge in [-0.25, -0.2) is 0 Å². The predicted molar refractivity (Wildman–Crippen MR) is 115 cm³/mol. The fraction of sp³-hybridized carbons (Fsp3) is 0.458. The zero-order valence-corrected chi connectivity index (χ0v) is 17.2. The van der Waals surface area contributed by atoms with Crippen molar-refractivity contribution >= 4 is 5.91 Å². The van der Waals surface area contributed by atoms with Gasteiger partial charge in [0.15, 0.2) is 0 Å². The maximum Gasteiger partial charge on any atom is 0.227 e. The number of hydrogen-bond donors (Lipinski definition) is 1. The van der Waals surface area contributed by atoms with Crippen LogP contribution < -0.4 is 5.32 Å². The summed E-state index contributed by atoms with van der Waals surface area (Å²) in [6.07, 6.45) is 1.80. The summed E-state index contributed by atoms with van der Waals surface area (Å²) >= 11 is 0. The van der Waals surface area contributed by atoms with Crippen molar-refractivity contribution in [3.63, 3.8) is 0 Å². The Morgan fingerprint density at radius 2 is 1.75 bits per heavy atom. The van der Waals surface area contributed by atoms with Crippen LogP contribution in [0.1, 0.15) is 42.9 Å². The molecule has 0 saturated carbocycles. The van der Waals surface area contributed by atoms with Crippen molar-refractivity contribution in [1.82, 2.24) is 15.1 Å². The number of benzene rings is 2. The number of nitrogens with zero attached hydrogens (tertiary/aromatic N) is 2. The lowest BCUT2D eigenvalue weighted by Gasteiger charge is -2.40. The van der Waals surface area contributed by atoms with E-state index in [1.54, 1.807) is 0 Å².